The molecule has 2 heterocycles. The van der Waals surface area contributed by atoms with Crippen LogP contribution in [0.3, 0.4) is 0 Å². The lowest BCUT2D eigenvalue weighted by Gasteiger charge is -2.15. The first kappa shape index (κ1) is 13.5. The maximum absolute atomic E-state index is 11.4. The number of nitrogens with zero attached hydrogens (tertiary/aromatic N) is 4. The lowest BCUT2D eigenvalue weighted by atomic mass is 9.89. The van der Waals surface area contributed by atoms with Crippen molar-refractivity contribution in [3.63, 3.8) is 0 Å². The van der Waals surface area contributed by atoms with Gasteiger partial charge >= 0.3 is 5.97 Å². The molecule has 0 spiro atoms. The van der Waals surface area contributed by atoms with Crippen LogP contribution in [0.15, 0.2) is 18.6 Å². The lowest BCUT2D eigenvalue weighted by molar-refractivity contribution is 0.0694. The van der Waals surface area contributed by atoms with Crippen molar-refractivity contribution >= 4 is 17.6 Å². The van der Waals surface area contributed by atoms with Crippen molar-refractivity contribution in [3.05, 3.63) is 35.0 Å². The zero-order valence-electron chi connectivity index (χ0n) is 10.8. The van der Waals surface area contributed by atoms with Crippen LogP contribution in [-0.2, 0) is 5.41 Å². The number of aromatic carboxylic acids is 1. The summed E-state index contributed by atoms with van der Waals surface area (Å²) < 4.78 is 1.29. The minimum atomic E-state index is -1.11. The number of hydrogen-bond donors (Lipinski definition) is 1. The number of halogens is 1. The summed E-state index contributed by atoms with van der Waals surface area (Å²) in [5.41, 5.74) is -0.0272. The second-order valence-corrected chi connectivity index (χ2v) is 5.40. The maximum atomic E-state index is 11.4. The Bertz CT molecular complexity index is 617. The summed E-state index contributed by atoms with van der Waals surface area (Å²) in [7, 11) is 0. The Labute approximate surface area is 115 Å². The van der Waals surface area contributed by atoms with E-state index in [-0.39, 0.29) is 10.7 Å². The van der Waals surface area contributed by atoms with E-state index in [1.54, 1.807) is 0 Å². The molecule has 0 aromatic carbocycles. The topological polar surface area (TPSA) is 80.9 Å². The van der Waals surface area contributed by atoms with Gasteiger partial charge in [0.05, 0.1) is 11.9 Å². The highest BCUT2D eigenvalue weighted by Gasteiger charge is 2.30. The van der Waals surface area contributed by atoms with Gasteiger partial charge in [0.1, 0.15) is 10.7 Å². The van der Waals surface area contributed by atoms with Crippen molar-refractivity contribution in [3.8, 4) is 5.82 Å². The number of rotatable bonds is 2. The van der Waals surface area contributed by atoms with Crippen molar-refractivity contribution in [2.75, 3.05) is 0 Å². The second kappa shape index (κ2) is 4.62. The van der Waals surface area contributed by atoms with Crippen LogP contribution < -0.4 is 0 Å². The first-order valence-corrected chi connectivity index (χ1v) is 5.99. The molecule has 0 radical (unpaired) electrons. The van der Waals surface area contributed by atoms with E-state index >= 15 is 0 Å². The number of hydrogen-bond acceptors (Lipinski definition) is 4. The van der Waals surface area contributed by atoms with E-state index < -0.39 is 11.4 Å². The van der Waals surface area contributed by atoms with Gasteiger partial charge in [-0.15, -0.1) is 0 Å². The molecular weight excluding hydrogens is 268 g/mol. The van der Waals surface area contributed by atoms with E-state index in [2.05, 4.69) is 15.1 Å². The third-order valence-corrected chi connectivity index (χ3v) is 2.87. The fourth-order valence-corrected chi connectivity index (χ4v) is 1.96. The normalized spacial score (nSPS) is 11.6. The standard InChI is InChI=1S/C12H13ClN4O2/c1-12(2,3)9-8(11(18)19)10(13)17(16-9)7-6-14-4-5-15-7/h4-6H,1-3H3,(H,18,19). The quantitative estimate of drug-likeness (QED) is 0.913. The van der Waals surface area contributed by atoms with E-state index in [9.17, 15) is 9.90 Å². The molecule has 0 amide bonds. The molecule has 100 valence electrons. The molecule has 7 heteroatoms. The van der Waals surface area contributed by atoms with Crippen LogP contribution in [0.5, 0.6) is 0 Å². The number of carboxylic acid groups (broad SMARTS) is 1. The van der Waals surface area contributed by atoms with Crippen molar-refractivity contribution in [1.82, 2.24) is 19.7 Å². The number of carboxylic acids is 1. The summed E-state index contributed by atoms with van der Waals surface area (Å²) in [6, 6.07) is 0. The van der Waals surface area contributed by atoms with Crippen LogP contribution in [0.1, 0.15) is 36.8 Å². The Morgan fingerprint density at radius 1 is 1.37 bits per heavy atom. The van der Waals surface area contributed by atoms with Gasteiger partial charge in [-0.05, 0) is 0 Å². The SMILES string of the molecule is CC(C)(C)c1nn(-c2cnccn2)c(Cl)c1C(=O)O. The Balaban J connectivity index is 2.70. The van der Waals surface area contributed by atoms with Gasteiger partial charge in [-0.25, -0.2) is 14.5 Å². The number of carbonyl (C=O) groups is 1. The smallest absolute Gasteiger partial charge is 0.340 e. The van der Waals surface area contributed by atoms with Gasteiger partial charge in [0.2, 0.25) is 0 Å². The summed E-state index contributed by atoms with van der Waals surface area (Å²) in [5, 5.41) is 13.6. The third-order valence-electron chi connectivity index (χ3n) is 2.52. The van der Waals surface area contributed by atoms with Gasteiger partial charge in [0.15, 0.2) is 5.82 Å². The molecule has 0 saturated heterocycles. The molecule has 0 aliphatic carbocycles. The molecule has 0 fully saturated rings. The largest absolute Gasteiger partial charge is 0.478 e. The van der Waals surface area contributed by atoms with Crippen molar-refractivity contribution < 1.29 is 9.90 Å². The maximum Gasteiger partial charge on any atom is 0.340 e. The van der Waals surface area contributed by atoms with E-state index in [1.807, 2.05) is 20.8 Å². The predicted molar refractivity (Wildman–Crippen MR) is 69.8 cm³/mol. The van der Waals surface area contributed by atoms with Crippen molar-refractivity contribution in [2.45, 2.75) is 26.2 Å². The summed E-state index contributed by atoms with van der Waals surface area (Å²) in [5.74, 6) is -0.726. The van der Waals surface area contributed by atoms with Crippen LogP contribution in [-0.4, -0.2) is 30.8 Å². The Morgan fingerprint density at radius 2 is 2.05 bits per heavy atom. The predicted octanol–water partition coefficient (Wildman–Crippen LogP) is 2.31. The highest BCUT2D eigenvalue weighted by molar-refractivity contribution is 6.33. The average Bonchev–Trinajstić information content (AvgIpc) is 2.68. The summed E-state index contributed by atoms with van der Waals surface area (Å²) >= 11 is 6.12. The van der Waals surface area contributed by atoms with Crippen LogP contribution in [0.2, 0.25) is 5.15 Å². The molecule has 0 atom stereocenters. The summed E-state index contributed by atoms with van der Waals surface area (Å²) in [6.45, 7) is 5.62. The van der Waals surface area contributed by atoms with Gasteiger partial charge in [0.25, 0.3) is 0 Å². The molecule has 2 aromatic rings. The molecule has 2 aromatic heterocycles. The third kappa shape index (κ3) is 2.44. The van der Waals surface area contributed by atoms with E-state index in [1.165, 1.54) is 23.3 Å². The van der Waals surface area contributed by atoms with Gasteiger partial charge in [-0.3, -0.25) is 4.98 Å². The lowest BCUT2D eigenvalue weighted by Crippen LogP contribution is -2.16. The first-order chi connectivity index (χ1) is 8.82. The Morgan fingerprint density at radius 3 is 2.47 bits per heavy atom. The Kier molecular flexibility index (Phi) is 3.28. The molecular formula is C12H13ClN4O2. The molecule has 2 rings (SSSR count). The summed E-state index contributed by atoms with van der Waals surface area (Å²) in [4.78, 5) is 19.3. The van der Waals surface area contributed by atoms with Crippen molar-refractivity contribution in [1.29, 1.82) is 0 Å². The van der Waals surface area contributed by atoms with Crippen LogP contribution in [0.4, 0.5) is 0 Å². The van der Waals surface area contributed by atoms with E-state index in [0.717, 1.165) is 0 Å². The van der Waals surface area contributed by atoms with Crippen LogP contribution in [0.25, 0.3) is 5.82 Å². The first-order valence-electron chi connectivity index (χ1n) is 5.61. The van der Waals surface area contributed by atoms with Crippen LogP contribution >= 0.6 is 11.6 Å². The zero-order chi connectivity index (χ0) is 14.2. The molecule has 0 unspecified atom stereocenters. The average molecular weight is 281 g/mol. The van der Waals surface area contributed by atoms with Gasteiger partial charge in [-0.2, -0.15) is 5.10 Å². The van der Waals surface area contributed by atoms with Crippen LogP contribution in [0, 0.1) is 0 Å². The molecule has 0 aliphatic rings. The van der Waals surface area contributed by atoms with E-state index in [0.29, 0.717) is 11.5 Å². The Hall–Kier alpha value is -1.95. The van der Waals surface area contributed by atoms with Gasteiger partial charge in [0, 0.05) is 17.8 Å². The minimum absolute atomic E-state index is 0.000167. The highest BCUT2D eigenvalue weighted by atomic mass is 35.5. The van der Waals surface area contributed by atoms with Gasteiger partial charge < -0.3 is 5.11 Å². The molecule has 0 saturated carbocycles. The van der Waals surface area contributed by atoms with Crippen molar-refractivity contribution in [2.24, 2.45) is 0 Å². The fourth-order valence-electron chi connectivity index (χ4n) is 1.66. The highest BCUT2D eigenvalue weighted by Crippen LogP contribution is 2.31. The molecule has 6 nitrogen and oxygen atoms in total. The summed E-state index contributed by atoms with van der Waals surface area (Å²) in [6.07, 6.45) is 4.48. The number of aromatic nitrogens is 4. The van der Waals surface area contributed by atoms with E-state index in [4.69, 9.17) is 11.6 Å². The molecule has 19 heavy (non-hydrogen) atoms. The fraction of sp³-hybridized carbons (Fsp3) is 0.333. The zero-order valence-corrected chi connectivity index (χ0v) is 11.5. The molecule has 0 aliphatic heterocycles. The second-order valence-electron chi connectivity index (χ2n) is 5.04. The monoisotopic (exact) mass is 280 g/mol. The van der Waals surface area contributed by atoms with Gasteiger partial charge in [-0.1, -0.05) is 32.4 Å². The molecule has 0 bridgehead atoms. The minimum Gasteiger partial charge on any atom is -0.478 e. The molecule has 1 N–H and O–H groups in total.